The van der Waals surface area contributed by atoms with Crippen LogP contribution >= 0.6 is 0 Å². The first-order valence-corrected chi connectivity index (χ1v) is 6.92. The predicted octanol–water partition coefficient (Wildman–Crippen LogP) is 2.24. The molecule has 5 heteroatoms. The number of unbranched alkanes of at least 4 members (excludes halogenated alkanes) is 3. The summed E-state index contributed by atoms with van der Waals surface area (Å²) in [7, 11) is 2.51. The highest BCUT2D eigenvalue weighted by Crippen LogP contribution is 2.29. The van der Waals surface area contributed by atoms with Crippen molar-refractivity contribution in [2.75, 3.05) is 20.8 Å². The zero-order valence-corrected chi connectivity index (χ0v) is 12.4. The van der Waals surface area contributed by atoms with Crippen LogP contribution in [-0.2, 0) is 19.1 Å². The number of esters is 2. The van der Waals surface area contributed by atoms with Gasteiger partial charge in [0.2, 0.25) is 5.41 Å². The van der Waals surface area contributed by atoms with E-state index in [4.69, 9.17) is 9.47 Å². The van der Waals surface area contributed by atoms with E-state index in [0.29, 0.717) is 0 Å². The molecular weight excluding hydrogens is 258 g/mol. The lowest BCUT2D eigenvalue weighted by Crippen LogP contribution is -2.40. The van der Waals surface area contributed by atoms with Gasteiger partial charge in [-0.3, -0.25) is 9.59 Å². The third-order valence-electron chi connectivity index (χ3n) is 3.37. The minimum absolute atomic E-state index is 0.637. The minimum atomic E-state index is -1.45. The first-order chi connectivity index (χ1) is 9.60. The zero-order valence-electron chi connectivity index (χ0n) is 12.4. The number of rotatable bonds is 7. The largest absolute Gasteiger partial charge is 0.468 e. The van der Waals surface area contributed by atoms with Crippen molar-refractivity contribution in [1.29, 1.82) is 0 Å². The molecule has 0 saturated heterocycles. The van der Waals surface area contributed by atoms with Gasteiger partial charge >= 0.3 is 11.9 Å². The van der Waals surface area contributed by atoms with Crippen molar-refractivity contribution in [3.8, 4) is 0 Å². The van der Waals surface area contributed by atoms with E-state index in [1.54, 1.807) is 12.4 Å². The molecule has 0 N–H and O–H groups in total. The summed E-state index contributed by atoms with van der Waals surface area (Å²) >= 11 is 0. The molecule has 20 heavy (non-hydrogen) atoms. The van der Waals surface area contributed by atoms with E-state index in [1.165, 1.54) is 45.6 Å². The highest BCUT2D eigenvalue weighted by molar-refractivity contribution is 6.04. The SMILES string of the molecule is CCCCCCN1C=CC(C(=O)OC)(C(=O)OC)C=C1. The van der Waals surface area contributed by atoms with Crippen LogP contribution < -0.4 is 0 Å². The topological polar surface area (TPSA) is 55.8 Å². The zero-order chi connectivity index (χ0) is 15.0. The summed E-state index contributed by atoms with van der Waals surface area (Å²) in [6, 6.07) is 0. The Balaban J connectivity index is 2.69. The lowest BCUT2D eigenvalue weighted by molar-refractivity contribution is -0.161. The number of nitrogens with zero attached hydrogens (tertiary/aromatic N) is 1. The fourth-order valence-corrected chi connectivity index (χ4v) is 2.10. The van der Waals surface area contributed by atoms with E-state index in [2.05, 4.69) is 6.92 Å². The molecule has 1 aliphatic rings. The fraction of sp³-hybridized carbons (Fsp3) is 0.600. The van der Waals surface area contributed by atoms with Gasteiger partial charge in [0.25, 0.3) is 0 Å². The van der Waals surface area contributed by atoms with Gasteiger partial charge in [-0.1, -0.05) is 26.2 Å². The maximum Gasteiger partial charge on any atom is 0.331 e. The van der Waals surface area contributed by atoms with Gasteiger partial charge in [0.05, 0.1) is 14.2 Å². The van der Waals surface area contributed by atoms with E-state index in [-0.39, 0.29) is 0 Å². The summed E-state index contributed by atoms with van der Waals surface area (Å²) in [6.45, 7) is 3.03. The molecular formula is C15H23NO4. The Labute approximate surface area is 120 Å². The summed E-state index contributed by atoms with van der Waals surface area (Å²) in [5.41, 5.74) is -1.45. The van der Waals surface area contributed by atoms with Crippen molar-refractivity contribution >= 4 is 11.9 Å². The van der Waals surface area contributed by atoms with Crippen molar-refractivity contribution in [2.45, 2.75) is 32.6 Å². The van der Waals surface area contributed by atoms with Gasteiger partial charge in [-0.05, 0) is 18.6 Å². The first kappa shape index (κ1) is 16.3. The third-order valence-corrected chi connectivity index (χ3v) is 3.37. The average molecular weight is 281 g/mol. The lowest BCUT2D eigenvalue weighted by atomic mass is 9.86. The van der Waals surface area contributed by atoms with Crippen molar-refractivity contribution < 1.29 is 19.1 Å². The van der Waals surface area contributed by atoms with Gasteiger partial charge in [0, 0.05) is 18.9 Å². The maximum atomic E-state index is 11.9. The lowest BCUT2D eigenvalue weighted by Gasteiger charge is -2.27. The molecule has 0 aromatic carbocycles. The van der Waals surface area contributed by atoms with Gasteiger partial charge in [-0.25, -0.2) is 0 Å². The minimum Gasteiger partial charge on any atom is -0.468 e. The van der Waals surface area contributed by atoms with Crippen molar-refractivity contribution in [3.63, 3.8) is 0 Å². The van der Waals surface area contributed by atoms with Crippen molar-refractivity contribution in [1.82, 2.24) is 4.90 Å². The molecule has 1 aliphatic heterocycles. The second-order valence-corrected chi connectivity index (χ2v) is 4.78. The van der Waals surface area contributed by atoms with Gasteiger partial charge in [-0.15, -0.1) is 0 Å². The number of carbonyl (C=O) groups is 2. The van der Waals surface area contributed by atoms with E-state index >= 15 is 0 Å². The second kappa shape index (κ2) is 7.72. The fourth-order valence-electron chi connectivity index (χ4n) is 2.10. The molecule has 0 amide bonds. The molecule has 1 heterocycles. The van der Waals surface area contributed by atoms with Crippen LogP contribution in [0.2, 0.25) is 0 Å². The molecule has 112 valence electrons. The van der Waals surface area contributed by atoms with E-state index in [1.807, 2.05) is 4.90 Å². The van der Waals surface area contributed by atoms with Crippen LogP contribution in [-0.4, -0.2) is 37.6 Å². The smallest absolute Gasteiger partial charge is 0.331 e. The highest BCUT2D eigenvalue weighted by atomic mass is 16.5. The van der Waals surface area contributed by atoms with Gasteiger partial charge in [0.1, 0.15) is 0 Å². The van der Waals surface area contributed by atoms with Gasteiger partial charge in [-0.2, -0.15) is 0 Å². The summed E-state index contributed by atoms with van der Waals surface area (Å²) in [6.07, 6.45) is 11.2. The molecule has 0 saturated carbocycles. The van der Waals surface area contributed by atoms with Gasteiger partial charge in [0.15, 0.2) is 0 Å². The van der Waals surface area contributed by atoms with Crippen LogP contribution in [0.15, 0.2) is 24.6 Å². The molecule has 0 fully saturated rings. The average Bonchev–Trinajstić information content (AvgIpc) is 2.50. The molecule has 0 aliphatic carbocycles. The Hall–Kier alpha value is -1.78. The Kier molecular flexibility index (Phi) is 6.28. The molecule has 0 bridgehead atoms. The Bertz CT molecular complexity index is 369. The normalized spacial score (nSPS) is 16.1. The monoisotopic (exact) mass is 281 g/mol. The van der Waals surface area contributed by atoms with Gasteiger partial charge < -0.3 is 14.4 Å². The number of ether oxygens (including phenoxy) is 2. The number of methoxy groups -OCH3 is 2. The van der Waals surface area contributed by atoms with Crippen LogP contribution in [0.25, 0.3) is 0 Å². The Morgan fingerprint density at radius 3 is 2.00 bits per heavy atom. The summed E-state index contributed by atoms with van der Waals surface area (Å²) < 4.78 is 9.41. The van der Waals surface area contributed by atoms with Crippen LogP contribution in [0, 0.1) is 5.41 Å². The van der Waals surface area contributed by atoms with Crippen LogP contribution in [0.5, 0.6) is 0 Å². The van der Waals surface area contributed by atoms with E-state index < -0.39 is 17.4 Å². The molecule has 5 nitrogen and oxygen atoms in total. The van der Waals surface area contributed by atoms with Crippen LogP contribution in [0.3, 0.4) is 0 Å². The first-order valence-electron chi connectivity index (χ1n) is 6.92. The molecule has 0 aromatic heterocycles. The number of hydrogen-bond donors (Lipinski definition) is 0. The van der Waals surface area contributed by atoms with Crippen molar-refractivity contribution in [3.05, 3.63) is 24.6 Å². The quantitative estimate of drug-likeness (QED) is 0.407. The molecule has 0 aromatic rings. The second-order valence-electron chi connectivity index (χ2n) is 4.78. The molecule has 0 spiro atoms. The number of hydrogen-bond acceptors (Lipinski definition) is 5. The van der Waals surface area contributed by atoms with E-state index in [9.17, 15) is 9.59 Å². The maximum absolute atomic E-state index is 11.9. The standard InChI is InChI=1S/C15H23NO4/c1-4-5-6-7-10-16-11-8-15(9-12-16,13(17)19-2)14(18)20-3/h8-9,11-12H,4-7,10H2,1-3H3. The summed E-state index contributed by atoms with van der Waals surface area (Å²) in [4.78, 5) is 25.7. The highest BCUT2D eigenvalue weighted by Gasteiger charge is 2.45. The summed E-state index contributed by atoms with van der Waals surface area (Å²) in [5, 5.41) is 0. The number of carbonyl (C=O) groups excluding carboxylic acids is 2. The predicted molar refractivity (Wildman–Crippen MR) is 75.6 cm³/mol. The van der Waals surface area contributed by atoms with Crippen LogP contribution in [0.1, 0.15) is 32.6 Å². The molecule has 0 unspecified atom stereocenters. The van der Waals surface area contributed by atoms with E-state index in [0.717, 1.165) is 13.0 Å². The molecule has 1 rings (SSSR count). The Morgan fingerprint density at radius 2 is 1.55 bits per heavy atom. The molecule has 0 atom stereocenters. The Morgan fingerprint density at radius 1 is 1.00 bits per heavy atom. The third kappa shape index (κ3) is 3.62. The van der Waals surface area contributed by atoms with Crippen molar-refractivity contribution in [2.24, 2.45) is 5.41 Å². The van der Waals surface area contributed by atoms with Crippen LogP contribution in [0.4, 0.5) is 0 Å². The molecule has 0 radical (unpaired) electrons. The summed E-state index contributed by atoms with van der Waals surface area (Å²) in [5.74, 6) is -1.27.